The largest absolute Gasteiger partial charge is 0.480 e. The highest BCUT2D eigenvalue weighted by Crippen LogP contribution is 2.25. The SMILES string of the molecule is CCCN(CC(=O)O)C(=O)c1cc(S(=O)(=O)N2CCCC(C)C2)cn1C. The molecule has 8 nitrogen and oxygen atoms in total. The first-order valence-corrected chi connectivity index (χ1v) is 10.3. The maximum atomic E-state index is 12.9. The summed E-state index contributed by atoms with van der Waals surface area (Å²) in [5, 5.41) is 9.00. The average molecular weight is 385 g/mol. The predicted octanol–water partition coefficient (Wildman–Crippen LogP) is 1.38. The van der Waals surface area contributed by atoms with Crippen molar-refractivity contribution >= 4 is 21.9 Å². The molecule has 0 spiro atoms. The van der Waals surface area contributed by atoms with E-state index in [4.69, 9.17) is 5.11 Å². The smallest absolute Gasteiger partial charge is 0.323 e. The lowest BCUT2D eigenvalue weighted by atomic mass is 10.0. The Labute approximate surface area is 154 Å². The van der Waals surface area contributed by atoms with Gasteiger partial charge in [0.1, 0.15) is 17.1 Å². The van der Waals surface area contributed by atoms with E-state index < -0.39 is 28.4 Å². The van der Waals surface area contributed by atoms with Crippen LogP contribution in [0.5, 0.6) is 0 Å². The zero-order valence-corrected chi connectivity index (χ0v) is 16.3. The third-order valence-electron chi connectivity index (χ3n) is 4.56. The summed E-state index contributed by atoms with van der Waals surface area (Å²) in [5.41, 5.74) is 0.170. The van der Waals surface area contributed by atoms with E-state index in [2.05, 4.69) is 0 Å². The van der Waals surface area contributed by atoms with Crippen molar-refractivity contribution in [3.63, 3.8) is 0 Å². The summed E-state index contributed by atoms with van der Waals surface area (Å²) >= 11 is 0. The normalized spacial score (nSPS) is 18.7. The summed E-state index contributed by atoms with van der Waals surface area (Å²) in [6.45, 7) is 4.70. The van der Waals surface area contributed by atoms with Crippen LogP contribution in [-0.4, -0.2) is 65.4 Å². The minimum atomic E-state index is -3.67. The van der Waals surface area contributed by atoms with E-state index in [0.29, 0.717) is 32.0 Å². The predicted molar refractivity (Wildman–Crippen MR) is 96.4 cm³/mol. The van der Waals surface area contributed by atoms with Crippen molar-refractivity contribution < 1.29 is 23.1 Å². The molecule has 2 rings (SSSR count). The van der Waals surface area contributed by atoms with E-state index in [-0.39, 0.29) is 10.6 Å². The molecule has 0 aromatic carbocycles. The molecule has 146 valence electrons. The van der Waals surface area contributed by atoms with Crippen molar-refractivity contribution in [2.45, 2.75) is 38.0 Å². The highest BCUT2D eigenvalue weighted by atomic mass is 32.2. The lowest BCUT2D eigenvalue weighted by molar-refractivity contribution is -0.137. The topological polar surface area (TPSA) is 99.9 Å². The highest BCUT2D eigenvalue weighted by Gasteiger charge is 2.31. The number of rotatable bonds is 7. The van der Waals surface area contributed by atoms with E-state index in [9.17, 15) is 18.0 Å². The number of amides is 1. The van der Waals surface area contributed by atoms with Gasteiger partial charge >= 0.3 is 5.97 Å². The number of hydrogen-bond donors (Lipinski definition) is 1. The zero-order valence-electron chi connectivity index (χ0n) is 15.5. The number of carbonyl (C=O) groups excluding carboxylic acids is 1. The Morgan fingerprint density at radius 3 is 2.65 bits per heavy atom. The van der Waals surface area contributed by atoms with E-state index >= 15 is 0 Å². The molecule has 1 aromatic heterocycles. The van der Waals surface area contributed by atoms with Crippen molar-refractivity contribution in [3.8, 4) is 0 Å². The van der Waals surface area contributed by atoms with Gasteiger partial charge in [0.05, 0.1) is 0 Å². The Bertz CT molecular complexity index is 771. The number of sulfonamides is 1. The average Bonchev–Trinajstić information content (AvgIpc) is 2.96. The van der Waals surface area contributed by atoms with Crippen molar-refractivity contribution in [2.75, 3.05) is 26.2 Å². The van der Waals surface area contributed by atoms with Gasteiger partial charge in [0, 0.05) is 32.9 Å². The van der Waals surface area contributed by atoms with E-state index in [1.165, 1.54) is 26.0 Å². The number of nitrogens with zero attached hydrogens (tertiary/aromatic N) is 3. The van der Waals surface area contributed by atoms with Crippen LogP contribution in [0, 0.1) is 5.92 Å². The van der Waals surface area contributed by atoms with Crippen molar-refractivity contribution in [3.05, 3.63) is 18.0 Å². The number of carboxylic acids is 1. The van der Waals surface area contributed by atoms with Crippen molar-refractivity contribution in [1.82, 2.24) is 13.8 Å². The Morgan fingerprint density at radius 2 is 2.08 bits per heavy atom. The van der Waals surface area contributed by atoms with Crippen molar-refractivity contribution in [2.24, 2.45) is 13.0 Å². The zero-order chi connectivity index (χ0) is 19.5. The third kappa shape index (κ3) is 4.45. The standard InChI is InChI=1S/C17H27N3O5S/c1-4-7-19(12-16(21)22)17(23)15-9-14(11-18(15)3)26(24,25)20-8-5-6-13(2)10-20/h9,11,13H,4-8,10,12H2,1-3H3,(H,21,22). The molecule has 0 aliphatic carbocycles. The van der Waals surface area contributed by atoms with Crippen LogP contribution in [0.15, 0.2) is 17.2 Å². The number of carboxylic acid groups (broad SMARTS) is 1. The second kappa shape index (κ2) is 8.22. The van der Waals surface area contributed by atoms with Gasteiger partial charge in [-0.15, -0.1) is 0 Å². The van der Waals surface area contributed by atoms with Gasteiger partial charge in [0.2, 0.25) is 10.0 Å². The molecule has 26 heavy (non-hydrogen) atoms. The molecule has 1 aliphatic rings. The summed E-state index contributed by atoms with van der Waals surface area (Å²) < 4.78 is 28.7. The lowest BCUT2D eigenvalue weighted by Crippen LogP contribution is -2.39. The third-order valence-corrected chi connectivity index (χ3v) is 6.39. The van der Waals surface area contributed by atoms with Crippen LogP contribution in [0.25, 0.3) is 0 Å². The number of piperidine rings is 1. The molecular weight excluding hydrogens is 358 g/mol. The fourth-order valence-corrected chi connectivity index (χ4v) is 4.92. The quantitative estimate of drug-likeness (QED) is 0.764. The minimum Gasteiger partial charge on any atom is -0.480 e. The van der Waals surface area contributed by atoms with Gasteiger partial charge < -0.3 is 14.6 Å². The van der Waals surface area contributed by atoms with Crippen LogP contribution >= 0.6 is 0 Å². The number of aliphatic carboxylic acids is 1. The van der Waals surface area contributed by atoms with Gasteiger partial charge in [-0.25, -0.2) is 8.42 Å². The van der Waals surface area contributed by atoms with Crippen LogP contribution < -0.4 is 0 Å². The molecule has 0 radical (unpaired) electrons. The molecule has 1 aliphatic heterocycles. The monoisotopic (exact) mass is 385 g/mol. The molecule has 1 N–H and O–H groups in total. The molecule has 1 aromatic rings. The molecule has 1 unspecified atom stereocenters. The molecule has 0 saturated carbocycles. The first-order chi connectivity index (χ1) is 12.2. The molecule has 1 fully saturated rings. The fourth-order valence-electron chi connectivity index (χ4n) is 3.25. The number of hydrogen-bond acceptors (Lipinski definition) is 4. The van der Waals surface area contributed by atoms with Gasteiger partial charge in [0.25, 0.3) is 5.91 Å². The summed E-state index contributed by atoms with van der Waals surface area (Å²) in [6, 6.07) is 1.35. The first kappa shape index (κ1) is 20.4. The van der Waals surface area contributed by atoms with E-state index in [1.54, 1.807) is 7.05 Å². The fraction of sp³-hybridized carbons (Fsp3) is 0.647. The summed E-state index contributed by atoms with van der Waals surface area (Å²) in [4.78, 5) is 25.0. The van der Waals surface area contributed by atoms with Gasteiger partial charge in [-0.2, -0.15) is 4.31 Å². The van der Waals surface area contributed by atoms with Crippen LogP contribution in [0.4, 0.5) is 0 Å². The molecule has 1 amide bonds. The molecule has 9 heteroatoms. The maximum Gasteiger partial charge on any atom is 0.323 e. The van der Waals surface area contributed by atoms with Crippen molar-refractivity contribution in [1.29, 1.82) is 0 Å². The van der Waals surface area contributed by atoms with Gasteiger partial charge in [-0.05, 0) is 31.2 Å². The summed E-state index contributed by atoms with van der Waals surface area (Å²) in [5.74, 6) is -1.28. The molecule has 0 bridgehead atoms. The Hall–Kier alpha value is -1.87. The molecule has 1 saturated heterocycles. The van der Waals surface area contributed by atoms with Crippen LogP contribution in [0.2, 0.25) is 0 Å². The van der Waals surface area contributed by atoms with Crippen LogP contribution in [0.1, 0.15) is 43.6 Å². The summed E-state index contributed by atoms with van der Waals surface area (Å²) in [6.07, 6.45) is 3.86. The number of aryl methyl sites for hydroxylation is 1. The second-order valence-corrected chi connectivity index (χ2v) is 8.84. The maximum absolute atomic E-state index is 12.9. The van der Waals surface area contributed by atoms with Gasteiger partial charge in [0.15, 0.2) is 0 Å². The van der Waals surface area contributed by atoms with E-state index in [1.807, 2.05) is 13.8 Å². The Morgan fingerprint density at radius 1 is 1.38 bits per heavy atom. The van der Waals surface area contributed by atoms with E-state index in [0.717, 1.165) is 12.8 Å². The van der Waals surface area contributed by atoms with Gasteiger partial charge in [-0.1, -0.05) is 13.8 Å². The second-order valence-electron chi connectivity index (χ2n) is 6.90. The van der Waals surface area contributed by atoms with Gasteiger partial charge in [-0.3, -0.25) is 9.59 Å². The summed E-state index contributed by atoms with van der Waals surface area (Å²) in [7, 11) is -2.07. The number of carbonyl (C=O) groups is 2. The molecule has 1 atom stereocenters. The number of aromatic nitrogens is 1. The first-order valence-electron chi connectivity index (χ1n) is 8.84. The highest BCUT2D eigenvalue weighted by molar-refractivity contribution is 7.89. The lowest BCUT2D eigenvalue weighted by Gasteiger charge is -2.29. The minimum absolute atomic E-state index is 0.0734. The Balaban J connectivity index is 2.29. The molecular formula is C17H27N3O5S. The van der Waals surface area contributed by atoms with Crippen LogP contribution in [0.3, 0.4) is 0 Å². The van der Waals surface area contributed by atoms with Crippen LogP contribution in [-0.2, 0) is 21.9 Å². The Kier molecular flexibility index (Phi) is 6.46. The molecule has 2 heterocycles.